The third-order valence-electron chi connectivity index (χ3n) is 8.11. The Hall–Kier alpha value is -4.86. The van der Waals surface area contributed by atoms with Crippen molar-refractivity contribution in [3.05, 3.63) is 133 Å². The molecule has 0 aliphatic heterocycles. The normalized spacial score (nSPS) is 12.1. The Labute approximate surface area is 228 Å². The third kappa shape index (κ3) is 2.85. The zero-order valence-corrected chi connectivity index (χ0v) is 21.8. The molecule has 0 N–H and O–H groups in total. The van der Waals surface area contributed by atoms with Crippen LogP contribution in [0.4, 0.5) is 0 Å². The van der Waals surface area contributed by atoms with Gasteiger partial charge in [0.1, 0.15) is 0 Å². The van der Waals surface area contributed by atoms with Crippen molar-refractivity contribution in [2.24, 2.45) is 0 Å². The lowest BCUT2D eigenvalue weighted by atomic mass is 10.1. The van der Waals surface area contributed by atoms with E-state index in [0.29, 0.717) is 0 Å². The molecule has 0 amide bonds. The lowest BCUT2D eigenvalue weighted by Crippen LogP contribution is -1.95. The van der Waals surface area contributed by atoms with Gasteiger partial charge in [-0.05, 0) is 48.5 Å². The van der Waals surface area contributed by atoms with Crippen LogP contribution in [0.5, 0.6) is 0 Å². The van der Waals surface area contributed by atoms with Crippen molar-refractivity contribution in [1.82, 2.24) is 9.13 Å². The monoisotopic (exact) mass is 514 g/mol. The minimum atomic E-state index is 1.18. The summed E-state index contributed by atoms with van der Waals surface area (Å²) >= 11 is 1.90. The van der Waals surface area contributed by atoms with E-state index in [1.165, 1.54) is 75.2 Å². The molecular weight excluding hydrogens is 492 g/mol. The molecule has 0 radical (unpaired) electrons. The van der Waals surface area contributed by atoms with Gasteiger partial charge in [0.2, 0.25) is 0 Å². The Kier molecular flexibility index (Phi) is 4.24. The van der Waals surface area contributed by atoms with Crippen LogP contribution in [0, 0.1) is 0 Å². The summed E-state index contributed by atoms with van der Waals surface area (Å²) in [6, 6.07) is 48.6. The lowest BCUT2D eigenvalue weighted by Gasteiger charge is -2.10. The van der Waals surface area contributed by atoms with Crippen LogP contribution in [0.2, 0.25) is 0 Å². The number of para-hydroxylation sites is 3. The fraction of sp³-hybridized carbons (Fsp3) is 0. The molecule has 0 aliphatic rings. The smallest absolute Gasteiger partial charge is 0.0719 e. The van der Waals surface area contributed by atoms with Crippen molar-refractivity contribution in [1.29, 1.82) is 0 Å². The molecule has 9 rings (SSSR count). The van der Waals surface area contributed by atoms with Gasteiger partial charge < -0.3 is 9.13 Å². The van der Waals surface area contributed by atoms with E-state index >= 15 is 0 Å². The molecule has 0 aliphatic carbocycles. The summed E-state index contributed by atoms with van der Waals surface area (Å²) < 4.78 is 7.54. The maximum Gasteiger partial charge on any atom is 0.0719 e. The van der Waals surface area contributed by atoms with Crippen molar-refractivity contribution in [2.75, 3.05) is 0 Å². The lowest BCUT2D eigenvalue weighted by molar-refractivity contribution is 1.17. The van der Waals surface area contributed by atoms with Crippen LogP contribution >= 0.6 is 11.3 Å². The summed E-state index contributed by atoms with van der Waals surface area (Å²) in [5.74, 6) is 0. The van der Waals surface area contributed by atoms with Crippen LogP contribution < -0.4 is 0 Å². The summed E-state index contributed by atoms with van der Waals surface area (Å²) in [6.07, 6.45) is 0. The Bertz CT molecular complexity index is 2390. The van der Waals surface area contributed by atoms with Crippen molar-refractivity contribution < 1.29 is 0 Å². The van der Waals surface area contributed by atoms with Gasteiger partial charge in [0.05, 0.1) is 26.8 Å². The predicted octanol–water partition coefficient (Wildman–Crippen LogP) is 10.2. The number of fused-ring (bicyclic) bond motifs is 10. The highest BCUT2D eigenvalue weighted by molar-refractivity contribution is 7.26. The molecule has 9 aromatic rings. The first-order valence-electron chi connectivity index (χ1n) is 13.3. The number of rotatable bonds is 2. The van der Waals surface area contributed by atoms with Crippen LogP contribution in [0.15, 0.2) is 133 Å². The van der Waals surface area contributed by atoms with E-state index in [0.717, 1.165) is 0 Å². The van der Waals surface area contributed by atoms with Crippen molar-refractivity contribution in [3.63, 3.8) is 0 Å². The van der Waals surface area contributed by atoms with E-state index in [1.54, 1.807) is 0 Å². The minimum Gasteiger partial charge on any atom is -0.309 e. The first-order valence-corrected chi connectivity index (χ1v) is 14.1. The van der Waals surface area contributed by atoms with Crippen LogP contribution in [-0.2, 0) is 0 Å². The van der Waals surface area contributed by atoms with Crippen LogP contribution in [0.25, 0.3) is 75.2 Å². The van der Waals surface area contributed by atoms with Gasteiger partial charge in [-0.15, -0.1) is 11.3 Å². The largest absolute Gasteiger partial charge is 0.309 e. The van der Waals surface area contributed by atoms with E-state index in [2.05, 4.69) is 143 Å². The van der Waals surface area contributed by atoms with Crippen LogP contribution in [0.1, 0.15) is 0 Å². The number of aromatic nitrogens is 2. The topological polar surface area (TPSA) is 9.86 Å². The molecule has 0 unspecified atom stereocenters. The molecular formula is C36H22N2S. The number of benzene rings is 6. The molecule has 0 atom stereocenters. The van der Waals surface area contributed by atoms with Crippen LogP contribution in [-0.4, -0.2) is 9.13 Å². The Morgan fingerprint density at radius 1 is 0.385 bits per heavy atom. The summed E-state index contributed by atoms with van der Waals surface area (Å²) in [5.41, 5.74) is 7.35. The van der Waals surface area contributed by atoms with Crippen LogP contribution in [0.3, 0.4) is 0 Å². The molecule has 182 valence electrons. The SMILES string of the molecule is c1ccc(-n2c3ccccc3c3cc(-n4c5ccccc5c5ccc6c7ccccc7sc6c54)ccc32)cc1. The first-order chi connectivity index (χ1) is 19.4. The second kappa shape index (κ2) is 7.83. The van der Waals surface area contributed by atoms with Gasteiger partial charge in [0.25, 0.3) is 0 Å². The van der Waals surface area contributed by atoms with Gasteiger partial charge in [-0.2, -0.15) is 0 Å². The molecule has 3 heteroatoms. The average Bonchev–Trinajstić information content (AvgIpc) is 3.65. The maximum absolute atomic E-state index is 2.48. The fourth-order valence-electron chi connectivity index (χ4n) is 6.45. The predicted molar refractivity (Wildman–Crippen MR) is 168 cm³/mol. The van der Waals surface area contributed by atoms with E-state index < -0.39 is 0 Å². The molecule has 39 heavy (non-hydrogen) atoms. The summed E-state index contributed by atoms with van der Waals surface area (Å²) in [7, 11) is 0. The average molecular weight is 515 g/mol. The Balaban J connectivity index is 1.43. The Morgan fingerprint density at radius 3 is 1.82 bits per heavy atom. The maximum atomic E-state index is 2.48. The van der Waals surface area contributed by atoms with Gasteiger partial charge in [-0.3, -0.25) is 0 Å². The second-order valence-electron chi connectivity index (χ2n) is 10.2. The summed E-state index contributed by atoms with van der Waals surface area (Å²) in [4.78, 5) is 0. The van der Waals surface area contributed by atoms with E-state index in [-0.39, 0.29) is 0 Å². The van der Waals surface area contributed by atoms with E-state index in [9.17, 15) is 0 Å². The molecule has 3 aromatic heterocycles. The molecule has 0 saturated heterocycles. The van der Waals surface area contributed by atoms with E-state index in [1.807, 2.05) is 11.3 Å². The summed E-state index contributed by atoms with van der Waals surface area (Å²) in [5, 5.41) is 7.79. The molecule has 0 spiro atoms. The number of thiophene rings is 1. The highest BCUT2D eigenvalue weighted by atomic mass is 32.1. The standard InChI is InChI=1S/C36H22N2S/c1-2-10-23(11-3-1)37-31-15-7-5-13-26(31)30-22-24(18-21-33(30)37)38-32-16-8-4-12-25(32)28-19-20-29-27-14-6-9-17-34(27)39-36(29)35(28)38/h1-22H. The zero-order chi connectivity index (χ0) is 25.5. The highest BCUT2D eigenvalue weighted by Crippen LogP contribution is 2.43. The molecule has 0 saturated carbocycles. The number of hydrogen-bond donors (Lipinski definition) is 0. The zero-order valence-electron chi connectivity index (χ0n) is 21.0. The van der Waals surface area contributed by atoms with E-state index in [4.69, 9.17) is 0 Å². The molecule has 6 aromatic carbocycles. The van der Waals surface area contributed by atoms with Gasteiger partial charge in [0, 0.05) is 48.4 Å². The number of hydrogen-bond acceptors (Lipinski definition) is 1. The van der Waals surface area contributed by atoms with Crippen molar-refractivity contribution >= 4 is 75.1 Å². The van der Waals surface area contributed by atoms with Gasteiger partial charge in [0.15, 0.2) is 0 Å². The first kappa shape index (κ1) is 21.1. The summed E-state index contributed by atoms with van der Waals surface area (Å²) in [6.45, 7) is 0. The van der Waals surface area contributed by atoms with Crippen molar-refractivity contribution in [2.45, 2.75) is 0 Å². The molecule has 0 bridgehead atoms. The minimum absolute atomic E-state index is 1.18. The molecule has 0 fully saturated rings. The van der Waals surface area contributed by atoms with Gasteiger partial charge in [-0.1, -0.05) is 84.9 Å². The van der Waals surface area contributed by atoms with Gasteiger partial charge in [-0.25, -0.2) is 0 Å². The second-order valence-corrected chi connectivity index (χ2v) is 11.2. The number of nitrogens with zero attached hydrogens (tertiary/aromatic N) is 2. The molecule has 3 heterocycles. The fourth-order valence-corrected chi connectivity index (χ4v) is 7.69. The van der Waals surface area contributed by atoms with Crippen molar-refractivity contribution in [3.8, 4) is 11.4 Å². The molecule has 2 nitrogen and oxygen atoms in total. The van der Waals surface area contributed by atoms with Gasteiger partial charge >= 0.3 is 0 Å². The Morgan fingerprint density at radius 2 is 1.00 bits per heavy atom. The highest BCUT2D eigenvalue weighted by Gasteiger charge is 2.19. The quantitative estimate of drug-likeness (QED) is 0.217. The third-order valence-corrected chi connectivity index (χ3v) is 9.30.